The quantitative estimate of drug-likeness (QED) is 0.240. The van der Waals surface area contributed by atoms with Crippen LogP contribution in [0.15, 0.2) is 73.6 Å². The third-order valence-corrected chi connectivity index (χ3v) is 7.40. The molecule has 0 atom stereocenters. The molecule has 178 valence electrons. The number of hydrogen-bond acceptors (Lipinski definition) is 4. The first kappa shape index (κ1) is 25.3. The van der Waals surface area contributed by atoms with E-state index in [0.29, 0.717) is 32.6 Å². The van der Waals surface area contributed by atoms with Gasteiger partial charge in [0.05, 0.1) is 14.6 Å². The number of urea groups is 1. The van der Waals surface area contributed by atoms with Crippen LogP contribution in [0, 0.1) is 13.8 Å². The number of aryl methyl sites for hydroxylation is 2. The molecule has 4 amide bonds. The van der Waals surface area contributed by atoms with Gasteiger partial charge in [-0.05, 0) is 98.8 Å². The number of carbonyl (C=O) groups excluding carboxylic acids is 3. The Kier molecular flexibility index (Phi) is 7.59. The van der Waals surface area contributed by atoms with Gasteiger partial charge in [-0.3, -0.25) is 14.9 Å². The molecule has 0 aromatic heterocycles. The second-order valence-corrected chi connectivity index (χ2v) is 10.5. The molecule has 0 saturated carbocycles. The van der Waals surface area contributed by atoms with Crippen LogP contribution in [0.4, 0.5) is 10.5 Å². The molecule has 0 aliphatic carbocycles. The van der Waals surface area contributed by atoms with Crippen LogP contribution in [-0.4, -0.2) is 17.8 Å². The van der Waals surface area contributed by atoms with E-state index in [0.717, 1.165) is 20.5 Å². The van der Waals surface area contributed by atoms with Crippen LogP contribution in [0.1, 0.15) is 22.3 Å². The number of barbiturate groups is 1. The molecule has 1 heterocycles. The molecule has 0 bridgehead atoms. The van der Waals surface area contributed by atoms with Crippen LogP contribution >= 0.6 is 47.8 Å². The van der Waals surface area contributed by atoms with Crippen molar-refractivity contribution in [2.75, 3.05) is 4.90 Å². The van der Waals surface area contributed by atoms with Gasteiger partial charge in [-0.15, -0.1) is 0 Å². The Morgan fingerprint density at radius 2 is 1.54 bits per heavy atom. The highest BCUT2D eigenvalue weighted by atomic mass is 79.9. The number of halogens is 3. The summed E-state index contributed by atoms with van der Waals surface area (Å²) >= 11 is 10.4. The van der Waals surface area contributed by atoms with Crippen molar-refractivity contribution < 1.29 is 19.1 Å². The Morgan fingerprint density at radius 1 is 0.886 bits per heavy atom. The van der Waals surface area contributed by atoms with Crippen LogP contribution in [0.3, 0.4) is 0 Å². The zero-order chi connectivity index (χ0) is 25.3. The van der Waals surface area contributed by atoms with E-state index in [4.69, 9.17) is 4.74 Å². The van der Waals surface area contributed by atoms with Crippen molar-refractivity contribution in [3.63, 3.8) is 0 Å². The highest BCUT2D eigenvalue weighted by Gasteiger charge is 2.37. The van der Waals surface area contributed by atoms with Crippen molar-refractivity contribution in [2.24, 2.45) is 0 Å². The number of carbonyl (C=O) groups is 3. The number of nitrogens with one attached hydrogen (secondary N) is 1. The first-order valence-electron chi connectivity index (χ1n) is 10.5. The second kappa shape index (κ2) is 10.5. The van der Waals surface area contributed by atoms with Crippen molar-refractivity contribution in [1.29, 1.82) is 0 Å². The zero-order valence-electron chi connectivity index (χ0n) is 18.7. The molecule has 0 radical (unpaired) electrons. The van der Waals surface area contributed by atoms with E-state index in [1.54, 1.807) is 30.3 Å². The number of rotatable bonds is 5. The molecule has 1 aliphatic heterocycles. The SMILES string of the molecule is Cc1ccc(COc2c(Br)cc(/C=C3\C(=O)NC(=O)N(c4ccc(Br)c(C)c4)C3=O)cc2Br)cc1. The average molecular weight is 663 g/mol. The molecule has 3 aromatic carbocycles. The topological polar surface area (TPSA) is 75.7 Å². The maximum Gasteiger partial charge on any atom is 0.335 e. The van der Waals surface area contributed by atoms with E-state index >= 15 is 0 Å². The largest absolute Gasteiger partial charge is 0.487 e. The minimum absolute atomic E-state index is 0.155. The molecule has 35 heavy (non-hydrogen) atoms. The van der Waals surface area contributed by atoms with E-state index in [2.05, 4.69) is 53.1 Å². The lowest BCUT2D eigenvalue weighted by Crippen LogP contribution is -2.54. The summed E-state index contributed by atoms with van der Waals surface area (Å²) in [5.41, 5.74) is 3.83. The molecule has 9 heteroatoms. The minimum Gasteiger partial charge on any atom is -0.487 e. The molecule has 3 aromatic rings. The summed E-state index contributed by atoms with van der Waals surface area (Å²) in [7, 11) is 0. The normalized spacial score (nSPS) is 14.9. The molecular formula is C26H19Br3N2O4. The summed E-state index contributed by atoms with van der Waals surface area (Å²) < 4.78 is 8.11. The van der Waals surface area contributed by atoms with Gasteiger partial charge < -0.3 is 4.74 Å². The van der Waals surface area contributed by atoms with Gasteiger partial charge >= 0.3 is 6.03 Å². The van der Waals surface area contributed by atoms with Crippen LogP contribution in [0.2, 0.25) is 0 Å². The number of hydrogen-bond donors (Lipinski definition) is 1. The Hall–Kier alpha value is -2.75. The van der Waals surface area contributed by atoms with Gasteiger partial charge in [-0.2, -0.15) is 0 Å². The fraction of sp³-hybridized carbons (Fsp3) is 0.115. The summed E-state index contributed by atoms with van der Waals surface area (Å²) in [6, 6.07) is 15.8. The van der Waals surface area contributed by atoms with Crippen LogP contribution < -0.4 is 15.0 Å². The van der Waals surface area contributed by atoms with Gasteiger partial charge in [-0.25, -0.2) is 9.69 Å². The van der Waals surface area contributed by atoms with Gasteiger partial charge in [0.2, 0.25) is 0 Å². The van der Waals surface area contributed by atoms with Crippen LogP contribution in [-0.2, 0) is 16.2 Å². The maximum absolute atomic E-state index is 13.2. The van der Waals surface area contributed by atoms with Crippen molar-refractivity contribution in [3.05, 3.63) is 95.8 Å². The second-order valence-electron chi connectivity index (χ2n) is 7.98. The lowest BCUT2D eigenvalue weighted by atomic mass is 10.1. The molecule has 1 aliphatic rings. The number of imide groups is 2. The first-order chi connectivity index (χ1) is 16.6. The predicted octanol–water partition coefficient (Wildman–Crippen LogP) is 6.84. The lowest BCUT2D eigenvalue weighted by Gasteiger charge is -2.26. The molecule has 1 N–H and O–H groups in total. The van der Waals surface area contributed by atoms with Crippen molar-refractivity contribution in [2.45, 2.75) is 20.5 Å². The number of ether oxygens (including phenoxy) is 1. The Balaban J connectivity index is 1.61. The van der Waals surface area contributed by atoms with E-state index in [9.17, 15) is 14.4 Å². The van der Waals surface area contributed by atoms with Gasteiger partial charge in [-0.1, -0.05) is 45.8 Å². The van der Waals surface area contributed by atoms with Gasteiger partial charge in [0, 0.05) is 4.47 Å². The molecule has 4 rings (SSSR count). The molecule has 1 fully saturated rings. The smallest absolute Gasteiger partial charge is 0.335 e. The van der Waals surface area contributed by atoms with Gasteiger partial charge in [0.25, 0.3) is 11.8 Å². The van der Waals surface area contributed by atoms with Crippen LogP contribution in [0.5, 0.6) is 5.75 Å². The molecule has 0 spiro atoms. The fourth-order valence-corrected chi connectivity index (χ4v) is 5.16. The summed E-state index contributed by atoms with van der Waals surface area (Å²) in [4.78, 5) is 39.1. The predicted molar refractivity (Wildman–Crippen MR) is 145 cm³/mol. The third-order valence-electron chi connectivity index (χ3n) is 5.34. The summed E-state index contributed by atoms with van der Waals surface area (Å²) in [5.74, 6) is -0.862. The van der Waals surface area contributed by atoms with Crippen molar-refractivity contribution >= 4 is 77.4 Å². The average Bonchev–Trinajstić information content (AvgIpc) is 2.79. The standard InChI is InChI=1S/C26H19Br3N2O4/c1-14-3-5-16(6-4-14)13-35-23-21(28)11-17(12-22(23)29)10-19-24(32)30-26(34)31(25(19)33)18-7-8-20(27)15(2)9-18/h3-12H,13H2,1-2H3,(H,30,32,34)/b19-10+. The Labute approximate surface area is 227 Å². The van der Waals surface area contributed by atoms with Gasteiger partial charge in [0.1, 0.15) is 17.9 Å². The van der Waals surface area contributed by atoms with Crippen LogP contribution in [0.25, 0.3) is 6.08 Å². The zero-order valence-corrected chi connectivity index (χ0v) is 23.5. The molecule has 0 unspecified atom stereocenters. The number of nitrogens with zero attached hydrogens (tertiary/aromatic N) is 1. The molecule has 1 saturated heterocycles. The number of anilines is 1. The van der Waals surface area contributed by atoms with Crippen molar-refractivity contribution in [1.82, 2.24) is 5.32 Å². The number of amides is 4. The fourth-order valence-electron chi connectivity index (χ4n) is 3.47. The summed E-state index contributed by atoms with van der Waals surface area (Å²) in [5, 5.41) is 2.24. The van der Waals surface area contributed by atoms with E-state index in [1.165, 1.54) is 11.6 Å². The first-order valence-corrected chi connectivity index (χ1v) is 12.9. The monoisotopic (exact) mass is 660 g/mol. The van der Waals surface area contributed by atoms with E-state index in [-0.39, 0.29) is 5.57 Å². The summed E-state index contributed by atoms with van der Waals surface area (Å²) in [6.45, 7) is 4.25. The lowest BCUT2D eigenvalue weighted by molar-refractivity contribution is -0.122. The minimum atomic E-state index is -0.791. The molecular weight excluding hydrogens is 644 g/mol. The van der Waals surface area contributed by atoms with Crippen molar-refractivity contribution in [3.8, 4) is 5.75 Å². The van der Waals surface area contributed by atoms with Gasteiger partial charge in [0.15, 0.2) is 0 Å². The van der Waals surface area contributed by atoms with E-state index < -0.39 is 17.8 Å². The summed E-state index contributed by atoms with van der Waals surface area (Å²) in [6.07, 6.45) is 1.45. The Morgan fingerprint density at radius 3 is 2.17 bits per heavy atom. The Bertz CT molecular complexity index is 1360. The number of benzene rings is 3. The highest BCUT2D eigenvalue weighted by Crippen LogP contribution is 2.36. The van der Waals surface area contributed by atoms with E-state index in [1.807, 2.05) is 38.1 Å². The molecule has 6 nitrogen and oxygen atoms in total. The highest BCUT2D eigenvalue weighted by molar-refractivity contribution is 9.11. The third kappa shape index (κ3) is 5.58. The maximum atomic E-state index is 13.2.